The van der Waals surface area contributed by atoms with Crippen molar-refractivity contribution in [1.29, 1.82) is 5.26 Å². The minimum Gasteiger partial charge on any atom is -0.369 e. The first-order valence-corrected chi connectivity index (χ1v) is 6.78. The minimum atomic E-state index is 0.769. The zero-order valence-corrected chi connectivity index (χ0v) is 10.6. The van der Waals surface area contributed by atoms with Crippen LogP contribution < -0.4 is 4.90 Å². The molecule has 2 nitrogen and oxygen atoms in total. The first kappa shape index (κ1) is 10.8. The fourth-order valence-electron chi connectivity index (χ4n) is 1.67. The lowest BCUT2D eigenvalue weighted by atomic mass is 10.1. The molecule has 15 heavy (non-hydrogen) atoms. The lowest BCUT2D eigenvalue weighted by Crippen LogP contribution is -2.32. The lowest BCUT2D eigenvalue weighted by molar-refractivity contribution is 0.856. The average Bonchev–Trinajstić information content (AvgIpc) is 2.30. The second-order valence-electron chi connectivity index (χ2n) is 3.37. The molecule has 0 N–H and O–H groups in total. The number of nitrogens with zero attached hydrogens (tertiary/aromatic N) is 2. The standard InChI is InChI=1S/C11H11BrN2S/c12-10-2-1-9(8-13)11(7-10)14-3-5-15-6-4-14/h1-2,7H,3-6H2. The first-order valence-electron chi connectivity index (χ1n) is 4.83. The molecule has 78 valence electrons. The zero-order chi connectivity index (χ0) is 10.7. The molecule has 0 bridgehead atoms. The zero-order valence-electron chi connectivity index (χ0n) is 8.24. The predicted octanol–water partition coefficient (Wildman–Crippen LogP) is 2.87. The highest BCUT2D eigenvalue weighted by Gasteiger charge is 2.14. The van der Waals surface area contributed by atoms with E-state index in [4.69, 9.17) is 5.26 Å². The van der Waals surface area contributed by atoms with Gasteiger partial charge in [-0.1, -0.05) is 15.9 Å². The van der Waals surface area contributed by atoms with Crippen LogP contribution in [0.25, 0.3) is 0 Å². The number of nitriles is 1. The molecular weight excluding hydrogens is 272 g/mol. The third-order valence-electron chi connectivity index (χ3n) is 2.43. The summed E-state index contributed by atoms with van der Waals surface area (Å²) >= 11 is 5.43. The molecule has 0 atom stereocenters. The Kier molecular flexibility index (Phi) is 3.55. The molecule has 4 heteroatoms. The van der Waals surface area contributed by atoms with Gasteiger partial charge in [0.2, 0.25) is 0 Å². The molecule has 1 aliphatic heterocycles. The van der Waals surface area contributed by atoms with E-state index in [1.807, 2.05) is 30.0 Å². The van der Waals surface area contributed by atoms with Gasteiger partial charge < -0.3 is 4.90 Å². The molecule has 0 radical (unpaired) electrons. The van der Waals surface area contributed by atoms with E-state index in [1.54, 1.807) is 0 Å². The van der Waals surface area contributed by atoms with Crippen LogP contribution in [0, 0.1) is 11.3 Å². The molecule has 2 rings (SSSR count). The van der Waals surface area contributed by atoms with Gasteiger partial charge in [0.15, 0.2) is 0 Å². The van der Waals surface area contributed by atoms with Crippen molar-refractivity contribution in [3.05, 3.63) is 28.2 Å². The van der Waals surface area contributed by atoms with Crippen LogP contribution >= 0.6 is 27.7 Å². The predicted molar refractivity (Wildman–Crippen MR) is 68.4 cm³/mol. The van der Waals surface area contributed by atoms with Crippen molar-refractivity contribution >= 4 is 33.4 Å². The lowest BCUT2D eigenvalue weighted by Gasteiger charge is -2.29. The topological polar surface area (TPSA) is 27.0 Å². The van der Waals surface area contributed by atoms with Gasteiger partial charge in [-0.05, 0) is 18.2 Å². The Morgan fingerprint density at radius 1 is 1.33 bits per heavy atom. The van der Waals surface area contributed by atoms with Crippen LogP contribution in [0.1, 0.15) is 5.56 Å². The van der Waals surface area contributed by atoms with Gasteiger partial charge in [-0.15, -0.1) is 0 Å². The maximum Gasteiger partial charge on any atom is 0.101 e. The Morgan fingerprint density at radius 3 is 2.73 bits per heavy atom. The second kappa shape index (κ2) is 4.91. The summed E-state index contributed by atoms with van der Waals surface area (Å²) < 4.78 is 1.04. The number of hydrogen-bond acceptors (Lipinski definition) is 3. The summed E-state index contributed by atoms with van der Waals surface area (Å²) in [6.07, 6.45) is 0. The summed E-state index contributed by atoms with van der Waals surface area (Å²) in [6.45, 7) is 2.08. The molecule has 1 aromatic rings. The molecule has 0 aliphatic carbocycles. The van der Waals surface area contributed by atoms with Crippen LogP contribution in [0.3, 0.4) is 0 Å². The van der Waals surface area contributed by atoms with Crippen LogP contribution in [0.5, 0.6) is 0 Å². The van der Waals surface area contributed by atoms with Crippen molar-refractivity contribution in [2.45, 2.75) is 0 Å². The van der Waals surface area contributed by atoms with Crippen LogP contribution in [0.4, 0.5) is 5.69 Å². The SMILES string of the molecule is N#Cc1ccc(Br)cc1N1CCSCC1. The molecule has 1 aliphatic rings. The quantitative estimate of drug-likeness (QED) is 0.793. The highest BCUT2D eigenvalue weighted by Crippen LogP contribution is 2.26. The summed E-state index contributed by atoms with van der Waals surface area (Å²) in [5.74, 6) is 2.30. The van der Waals surface area contributed by atoms with E-state index in [-0.39, 0.29) is 0 Å². The van der Waals surface area contributed by atoms with Crippen LogP contribution in [-0.4, -0.2) is 24.6 Å². The van der Waals surface area contributed by atoms with Crippen molar-refractivity contribution in [2.24, 2.45) is 0 Å². The van der Waals surface area contributed by atoms with Crippen molar-refractivity contribution < 1.29 is 0 Å². The maximum absolute atomic E-state index is 9.04. The Bertz CT molecular complexity index is 394. The van der Waals surface area contributed by atoms with E-state index in [0.29, 0.717) is 0 Å². The van der Waals surface area contributed by atoms with Crippen molar-refractivity contribution in [3.63, 3.8) is 0 Å². The molecule has 0 unspecified atom stereocenters. The van der Waals surface area contributed by atoms with Crippen molar-refractivity contribution in [3.8, 4) is 6.07 Å². The molecule has 0 spiro atoms. The van der Waals surface area contributed by atoms with E-state index < -0.39 is 0 Å². The Morgan fingerprint density at radius 2 is 2.07 bits per heavy atom. The first-order chi connectivity index (χ1) is 7.31. The number of thioether (sulfide) groups is 1. The average molecular weight is 283 g/mol. The number of hydrogen-bond donors (Lipinski definition) is 0. The van der Waals surface area contributed by atoms with Crippen LogP contribution in [0.2, 0.25) is 0 Å². The third kappa shape index (κ3) is 2.47. The number of halogens is 1. The molecule has 1 saturated heterocycles. The summed E-state index contributed by atoms with van der Waals surface area (Å²) in [5, 5.41) is 9.04. The van der Waals surface area contributed by atoms with E-state index in [0.717, 1.165) is 40.3 Å². The molecule has 1 aromatic carbocycles. The Hall–Kier alpha value is -0.660. The Balaban J connectivity index is 2.32. The number of rotatable bonds is 1. The third-order valence-corrected chi connectivity index (χ3v) is 3.87. The summed E-state index contributed by atoms with van der Waals surface area (Å²) in [4.78, 5) is 2.29. The molecular formula is C11H11BrN2S. The van der Waals surface area contributed by atoms with Gasteiger partial charge in [0, 0.05) is 29.1 Å². The van der Waals surface area contributed by atoms with Gasteiger partial charge in [0.25, 0.3) is 0 Å². The van der Waals surface area contributed by atoms with Crippen molar-refractivity contribution in [2.75, 3.05) is 29.5 Å². The van der Waals surface area contributed by atoms with E-state index in [2.05, 4.69) is 26.9 Å². The second-order valence-corrected chi connectivity index (χ2v) is 5.51. The van der Waals surface area contributed by atoms with Gasteiger partial charge in [-0.25, -0.2) is 0 Å². The van der Waals surface area contributed by atoms with Gasteiger partial charge >= 0.3 is 0 Å². The highest BCUT2D eigenvalue weighted by molar-refractivity contribution is 9.10. The van der Waals surface area contributed by atoms with E-state index in [9.17, 15) is 0 Å². The summed E-state index contributed by atoms with van der Waals surface area (Å²) in [5.41, 5.74) is 1.83. The fourth-order valence-corrected chi connectivity index (χ4v) is 2.92. The maximum atomic E-state index is 9.04. The van der Waals surface area contributed by atoms with E-state index >= 15 is 0 Å². The molecule has 1 fully saturated rings. The Labute approximate surface area is 102 Å². The minimum absolute atomic E-state index is 0.769. The van der Waals surface area contributed by atoms with E-state index in [1.165, 1.54) is 0 Å². The highest BCUT2D eigenvalue weighted by atomic mass is 79.9. The van der Waals surface area contributed by atoms with Crippen molar-refractivity contribution in [1.82, 2.24) is 0 Å². The van der Waals surface area contributed by atoms with Gasteiger partial charge in [-0.2, -0.15) is 17.0 Å². The van der Waals surface area contributed by atoms with Gasteiger partial charge in [0.1, 0.15) is 6.07 Å². The van der Waals surface area contributed by atoms with Gasteiger partial charge in [0.05, 0.1) is 11.3 Å². The smallest absolute Gasteiger partial charge is 0.101 e. The molecule has 1 heterocycles. The summed E-state index contributed by atoms with van der Waals surface area (Å²) in [6, 6.07) is 8.08. The normalized spacial score (nSPS) is 16.1. The molecule has 0 amide bonds. The largest absolute Gasteiger partial charge is 0.369 e. The summed E-state index contributed by atoms with van der Waals surface area (Å²) in [7, 11) is 0. The molecule has 0 saturated carbocycles. The van der Waals surface area contributed by atoms with Gasteiger partial charge in [-0.3, -0.25) is 0 Å². The number of anilines is 1. The monoisotopic (exact) mass is 282 g/mol. The number of benzene rings is 1. The van der Waals surface area contributed by atoms with Crippen LogP contribution in [-0.2, 0) is 0 Å². The van der Waals surface area contributed by atoms with Crippen LogP contribution in [0.15, 0.2) is 22.7 Å². The molecule has 0 aromatic heterocycles. The fraction of sp³-hybridized carbons (Fsp3) is 0.364.